The first-order valence-electron chi connectivity index (χ1n) is 6.36. The van der Waals surface area contributed by atoms with Gasteiger partial charge in [-0.1, -0.05) is 0 Å². The Kier molecular flexibility index (Phi) is 2.75. The van der Waals surface area contributed by atoms with E-state index in [9.17, 15) is 0 Å². The van der Waals surface area contributed by atoms with Gasteiger partial charge in [0.1, 0.15) is 18.3 Å². The van der Waals surface area contributed by atoms with Crippen LogP contribution in [0.3, 0.4) is 0 Å². The fourth-order valence-corrected chi connectivity index (χ4v) is 2.77. The molecule has 1 unspecified atom stereocenters. The molecule has 18 heavy (non-hydrogen) atoms. The summed E-state index contributed by atoms with van der Waals surface area (Å²) in [4.78, 5) is 0. The highest BCUT2D eigenvalue weighted by atomic mass is 16.8. The van der Waals surface area contributed by atoms with Crippen molar-refractivity contribution in [1.29, 1.82) is 0 Å². The summed E-state index contributed by atoms with van der Waals surface area (Å²) in [5.74, 6) is -1.21. The van der Waals surface area contributed by atoms with Crippen molar-refractivity contribution in [1.82, 2.24) is 0 Å². The molecule has 3 aliphatic rings. The lowest BCUT2D eigenvalue weighted by molar-refractivity contribution is -0.222. The molecule has 0 aliphatic carbocycles. The lowest BCUT2D eigenvalue weighted by atomic mass is 10.0. The Morgan fingerprint density at radius 2 is 1.67 bits per heavy atom. The highest BCUT2D eigenvalue weighted by molar-refractivity contribution is 4.99. The average Bonchev–Trinajstić information content (AvgIpc) is 2.81. The van der Waals surface area contributed by atoms with Crippen molar-refractivity contribution < 1.29 is 23.7 Å². The summed E-state index contributed by atoms with van der Waals surface area (Å²) < 4.78 is 28.6. The number of hydrogen-bond acceptors (Lipinski definition) is 6. The van der Waals surface area contributed by atoms with Crippen LogP contribution in [0.5, 0.6) is 0 Å². The van der Waals surface area contributed by atoms with Crippen LogP contribution in [-0.2, 0) is 23.7 Å². The molecule has 0 aromatic carbocycles. The summed E-state index contributed by atoms with van der Waals surface area (Å²) in [6.07, 6.45) is -1.07. The van der Waals surface area contributed by atoms with Gasteiger partial charge in [-0.2, -0.15) is 0 Å². The molecule has 0 bridgehead atoms. The van der Waals surface area contributed by atoms with E-state index < -0.39 is 17.9 Å². The van der Waals surface area contributed by atoms with Gasteiger partial charge in [-0.05, 0) is 27.7 Å². The molecular weight excluding hydrogens is 238 g/mol. The third-order valence-corrected chi connectivity index (χ3v) is 3.53. The Labute approximate surface area is 107 Å². The van der Waals surface area contributed by atoms with Gasteiger partial charge in [-0.3, -0.25) is 0 Å². The van der Waals surface area contributed by atoms with Crippen molar-refractivity contribution in [2.45, 2.75) is 69.9 Å². The minimum absolute atomic E-state index is 0.170. The summed E-state index contributed by atoms with van der Waals surface area (Å²) in [7, 11) is 0. The van der Waals surface area contributed by atoms with Gasteiger partial charge in [0.2, 0.25) is 0 Å². The summed E-state index contributed by atoms with van der Waals surface area (Å²) in [6.45, 7) is 7.95. The highest BCUT2D eigenvalue weighted by Crippen LogP contribution is 2.39. The van der Waals surface area contributed by atoms with Crippen molar-refractivity contribution >= 4 is 0 Å². The number of nitrogens with two attached hydrogens (primary N) is 1. The molecule has 3 rings (SSSR count). The maximum Gasteiger partial charge on any atom is 0.189 e. The molecule has 3 heterocycles. The first-order valence-corrected chi connectivity index (χ1v) is 6.36. The van der Waals surface area contributed by atoms with Crippen LogP contribution in [-0.4, -0.2) is 48.8 Å². The molecule has 104 valence electrons. The van der Waals surface area contributed by atoms with E-state index >= 15 is 0 Å². The number of rotatable bonds is 1. The molecule has 0 saturated carbocycles. The van der Waals surface area contributed by atoms with Crippen LogP contribution in [0.15, 0.2) is 0 Å². The molecule has 3 fully saturated rings. The first-order chi connectivity index (χ1) is 8.27. The average molecular weight is 259 g/mol. The Morgan fingerprint density at radius 3 is 2.22 bits per heavy atom. The zero-order valence-electron chi connectivity index (χ0n) is 11.2. The van der Waals surface area contributed by atoms with E-state index in [1.54, 1.807) is 0 Å². The van der Waals surface area contributed by atoms with Crippen LogP contribution < -0.4 is 5.73 Å². The minimum atomic E-state index is -0.635. The summed E-state index contributed by atoms with van der Waals surface area (Å²) in [6, 6.07) is -0.265. The maximum absolute atomic E-state index is 6.19. The molecule has 3 aliphatic heterocycles. The molecule has 0 aromatic rings. The smallest absolute Gasteiger partial charge is 0.189 e. The van der Waals surface area contributed by atoms with Crippen LogP contribution in [0.4, 0.5) is 0 Å². The van der Waals surface area contributed by atoms with Gasteiger partial charge >= 0.3 is 0 Å². The fourth-order valence-electron chi connectivity index (χ4n) is 2.77. The van der Waals surface area contributed by atoms with Crippen molar-refractivity contribution in [3.63, 3.8) is 0 Å². The monoisotopic (exact) mass is 259 g/mol. The SMILES string of the molecule is CC1(C)OC[C@@H]([C@@H]2O[C@@H]3OC(C)(C)O[C@H]3C2N)O1. The van der Waals surface area contributed by atoms with Crippen LogP contribution in [0.25, 0.3) is 0 Å². The van der Waals surface area contributed by atoms with E-state index in [0.717, 1.165) is 0 Å². The zero-order chi connectivity index (χ0) is 13.1. The lowest BCUT2D eigenvalue weighted by Gasteiger charge is -2.26. The van der Waals surface area contributed by atoms with E-state index in [1.807, 2.05) is 27.7 Å². The zero-order valence-corrected chi connectivity index (χ0v) is 11.2. The molecule has 6 heteroatoms. The molecule has 0 aromatic heterocycles. The van der Waals surface area contributed by atoms with Crippen molar-refractivity contribution in [3.05, 3.63) is 0 Å². The summed E-state index contributed by atoms with van der Waals surface area (Å²) in [5.41, 5.74) is 6.19. The standard InChI is InChI=1S/C12H21NO5/c1-11(2)14-5-6(16-11)8-7(13)9-10(15-8)18-12(3,4)17-9/h6-10H,5,13H2,1-4H3/t6-,7?,8-,9-,10+/m0/s1. The molecule has 5 atom stereocenters. The maximum atomic E-state index is 6.19. The minimum Gasteiger partial charge on any atom is -0.348 e. The second-order valence-corrected chi connectivity index (χ2v) is 6.01. The first kappa shape index (κ1) is 12.8. The molecule has 3 saturated heterocycles. The van der Waals surface area contributed by atoms with Gasteiger partial charge < -0.3 is 29.4 Å². The van der Waals surface area contributed by atoms with Gasteiger partial charge in [0.05, 0.1) is 12.6 Å². The number of fused-ring (bicyclic) bond motifs is 1. The van der Waals surface area contributed by atoms with Crippen molar-refractivity contribution in [2.75, 3.05) is 6.61 Å². The fraction of sp³-hybridized carbons (Fsp3) is 1.00. The second-order valence-electron chi connectivity index (χ2n) is 6.01. The Bertz CT molecular complexity index is 345. The molecular formula is C12H21NO5. The molecule has 0 amide bonds. The Morgan fingerprint density at radius 1 is 0.944 bits per heavy atom. The van der Waals surface area contributed by atoms with Gasteiger partial charge in [0, 0.05) is 0 Å². The molecule has 2 N–H and O–H groups in total. The van der Waals surface area contributed by atoms with Crippen molar-refractivity contribution in [3.8, 4) is 0 Å². The van der Waals surface area contributed by atoms with Crippen LogP contribution >= 0.6 is 0 Å². The van der Waals surface area contributed by atoms with E-state index in [0.29, 0.717) is 6.61 Å². The van der Waals surface area contributed by atoms with Gasteiger partial charge in [-0.25, -0.2) is 0 Å². The number of ether oxygens (including phenoxy) is 5. The third-order valence-electron chi connectivity index (χ3n) is 3.53. The highest BCUT2D eigenvalue weighted by Gasteiger charge is 2.56. The van der Waals surface area contributed by atoms with E-state index in [-0.39, 0.29) is 24.4 Å². The predicted molar refractivity (Wildman–Crippen MR) is 61.6 cm³/mol. The van der Waals surface area contributed by atoms with Crippen LogP contribution in [0, 0.1) is 0 Å². The van der Waals surface area contributed by atoms with E-state index in [1.165, 1.54) is 0 Å². The van der Waals surface area contributed by atoms with E-state index in [2.05, 4.69) is 0 Å². The van der Waals surface area contributed by atoms with E-state index in [4.69, 9.17) is 29.4 Å². The van der Waals surface area contributed by atoms with Gasteiger partial charge in [-0.15, -0.1) is 0 Å². The lowest BCUT2D eigenvalue weighted by Crippen LogP contribution is -2.47. The Balaban J connectivity index is 1.68. The quantitative estimate of drug-likeness (QED) is 0.732. The summed E-state index contributed by atoms with van der Waals surface area (Å²) >= 11 is 0. The topological polar surface area (TPSA) is 72.2 Å². The predicted octanol–water partition coefficient (Wildman–Crippen LogP) is 0.342. The normalized spacial score (nSPS) is 49.5. The number of hydrogen-bond donors (Lipinski definition) is 1. The molecule has 0 spiro atoms. The molecule has 6 nitrogen and oxygen atoms in total. The Hall–Kier alpha value is -0.240. The summed E-state index contributed by atoms with van der Waals surface area (Å²) in [5, 5.41) is 0. The largest absolute Gasteiger partial charge is 0.348 e. The van der Waals surface area contributed by atoms with Gasteiger partial charge in [0.25, 0.3) is 0 Å². The van der Waals surface area contributed by atoms with Crippen molar-refractivity contribution in [2.24, 2.45) is 5.73 Å². The van der Waals surface area contributed by atoms with Crippen LogP contribution in [0.1, 0.15) is 27.7 Å². The van der Waals surface area contributed by atoms with Crippen LogP contribution in [0.2, 0.25) is 0 Å². The molecule has 0 radical (unpaired) electrons. The third kappa shape index (κ3) is 2.07. The second kappa shape index (κ2) is 3.88. The van der Waals surface area contributed by atoms with Gasteiger partial charge in [0.15, 0.2) is 17.9 Å².